The van der Waals surface area contributed by atoms with E-state index in [0.29, 0.717) is 10.8 Å². The van der Waals surface area contributed by atoms with Gasteiger partial charge in [0.2, 0.25) is 11.8 Å². The average molecular weight is 349 g/mol. The van der Waals surface area contributed by atoms with Crippen molar-refractivity contribution in [2.24, 2.45) is 0 Å². The Morgan fingerprint density at radius 1 is 1.09 bits per heavy atom. The van der Waals surface area contributed by atoms with Gasteiger partial charge >= 0.3 is 0 Å². The maximum atomic E-state index is 12.0. The van der Waals surface area contributed by atoms with E-state index in [1.165, 1.54) is 18.7 Å². The van der Waals surface area contributed by atoms with Crippen LogP contribution in [0.2, 0.25) is 5.02 Å². The van der Waals surface area contributed by atoms with Crippen LogP contribution in [0.4, 0.5) is 11.4 Å². The van der Waals surface area contributed by atoms with Crippen LogP contribution in [0.15, 0.2) is 47.4 Å². The van der Waals surface area contributed by atoms with E-state index in [9.17, 15) is 9.59 Å². The highest BCUT2D eigenvalue weighted by Gasteiger charge is 2.07. The Hall–Kier alpha value is -1.98. The lowest BCUT2D eigenvalue weighted by Crippen LogP contribution is -2.14. The van der Waals surface area contributed by atoms with Gasteiger partial charge in [-0.15, -0.1) is 11.8 Å². The molecule has 2 rings (SSSR count). The van der Waals surface area contributed by atoms with Crippen molar-refractivity contribution in [3.63, 3.8) is 0 Å². The van der Waals surface area contributed by atoms with E-state index in [4.69, 9.17) is 11.6 Å². The van der Waals surface area contributed by atoms with Gasteiger partial charge in [0.1, 0.15) is 0 Å². The Bertz CT molecular complexity index is 717. The number of nitrogens with one attached hydrogen (secondary N) is 2. The second-order valence-electron chi connectivity index (χ2n) is 4.95. The molecule has 0 saturated heterocycles. The zero-order chi connectivity index (χ0) is 16.8. The van der Waals surface area contributed by atoms with Crippen LogP contribution in [0.3, 0.4) is 0 Å². The SMILES string of the molecule is CC(=O)Nc1ccc(SCC(=O)Nc2cccc(Cl)c2C)cc1. The van der Waals surface area contributed by atoms with Crippen molar-refractivity contribution in [3.8, 4) is 0 Å². The quantitative estimate of drug-likeness (QED) is 0.790. The van der Waals surface area contributed by atoms with Gasteiger partial charge in [-0.05, 0) is 48.9 Å². The van der Waals surface area contributed by atoms with Crippen molar-refractivity contribution in [2.75, 3.05) is 16.4 Å². The molecule has 6 heteroatoms. The van der Waals surface area contributed by atoms with E-state index in [2.05, 4.69) is 10.6 Å². The summed E-state index contributed by atoms with van der Waals surface area (Å²) in [5, 5.41) is 6.19. The van der Waals surface area contributed by atoms with Gasteiger partial charge in [-0.1, -0.05) is 17.7 Å². The van der Waals surface area contributed by atoms with Crippen LogP contribution >= 0.6 is 23.4 Å². The zero-order valence-corrected chi connectivity index (χ0v) is 14.4. The van der Waals surface area contributed by atoms with Gasteiger partial charge in [0, 0.05) is 28.2 Å². The second kappa shape index (κ2) is 8.04. The van der Waals surface area contributed by atoms with E-state index in [-0.39, 0.29) is 11.8 Å². The van der Waals surface area contributed by atoms with E-state index in [0.717, 1.165) is 21.8 Å². The summed E-state index contributed by atoms with van der Waals surface area (Å²) in [5.74, 6) is 0.0961. The summed E-state index contributed by atoms with van der Waals surface area (Å²) in [4.78, 5) is 23.9. The normalized spacial score (nSPS) is 10.2. The zero-order valence-electron chi connectivity index (χ0n) is 12.9. The Balaban J connectivity index is 1.89. The van der Waals surface area contributed by atoms with Gasteiger partial charge < -0.3 is 10.6 Å². The molecule has 2 aromatic rings. The number of rotatable bonds is 5. The Kier molecular flexibility index (Phi) is 6.07. The van der Waals surface area contributed by atoms with Crippen LogP contribution in [0.25, 0.3) is 0 Å². The van der Waals surface area contributed by atoms with Crippen LogP contribution < -0.4 is 10.6 Å². The molecule has 0 bridgehead atoms. The minimum absolute atomic E-state index is 0.0914. The summed E-state index contributed by atoms with van der Waals surface area (Å²) in [5.41, 5.74) is 2.32. The molecule has 0 atom stereocenters. The van der Waals surface area contributed by atoms with Crippen LogP contribution in [0.1, 0.15) is 12.5 Å². The summed E-state index contributed by atoms with van der Waals surface area (Å²) in [6.45, 7) is 3.33. The largest absolute Gasteiger partial charge is 0.326 e. The number of anilines is 2. The maximum Gasteiger partial charge on any atom is 0.234 e. The number of carbonyl (C=O) groups excluding carboxylic acids is 2. The van der Waals surface area contributed by atoms with E-state index in [1.807, 2.05) is 37.3 Å². The van der Waals surface area contributed by atoms with Crippen molar-refractivity contribution < 1.29 is 9.59 Å². The highest BCUT2D eigenvalue weighted by molar-refractivity contribution is 8.00. The highest BCUT2D eigenvalue weighted by Crippen LogP contribution is 2.24. The molecule has 0 aliphatic rings. The van der Waals surface area contributed by atoms with E-state index in [1.54, 1.807) is 12.1 Å². The van der Waals surface area contributed by atoms with E-state index < -0.39 is 0 Å². The van der Waals surface area contributed by atoms with Crippen LogP contribution in [-0.2, 0) is 9.59 Å². The lowest BCUT2D eigenvalue weighted by atomic mass is 10.2. The number of carbonyl (C=O) groups is 2. The average Bonchev–Trinajstić information content (AvgIpc) is 2.51. The Morgan fingerprint density at radius 2 is 1.78 bits per heavy atom. The number of benzene rings is 2. The molecule has 0 unspecified atom stereocenters. The predicted octanol–water partition coefficient (Wildman–Crippen LogP) is 4.34. The minimum Gasteiger partial charge on any atom is -0.326 e. The first-order valence-electron chi connectivity index (χ1n) is 7.01. The van der Waals surface area contributed by atoms with Gasteiger partial charge in [0.25, 0.3) is 0 Å². The van der Waals surface area contributed by atoms with Crippen LogP contribution in [-0.4, -0.2) is 17.6 Å². The molecular weight excluding hydrogens is 332 g/mol. The van der Waals surface area contributed by atoms with Crippen LogP contribution in [0.5, 0.6) is 0 Å². The first-order chi connectivity index (χ1) is 11.0. The molecular formula is C17H17ClN2O2S. The molecule has 0 fully saturated rings. The lowest BCUT2D eigenvalue weighted by Gasteiger charge is -2.09. The number of thioether (sulfide) groups is 1. The number of halogens is 1. The third-order valence-electron chi connectivity index (χ3n) is 3.09. The van der Waals surface area contributed by atoms with Gasteiger partial charge in [-0.3, -0.25) is 9.59 Å². The van der Waals surface area contributed by atoms with Crippen molar-refractivity contribution in [1.82, 2.24) is 0 Å². The Morgan fingerprint density at radius 3 is 2.43 bits per heavy atom. The first-order valence-corrected chi connectivity index (χ1v) is 8.37. The molecule has 0 aliphatic carbocycles. The standard InChI is InChI=1S/C17H17ClN2O2S/c1-11-15(18)4-3-5-16(11)20-17(22)10-23-14-8-6-13(7-9-14)19-12(2)21/h3-9H,10H2,1-2H3,(H,19,21)(H,20,22). The summed E-state index contributed by atoms with van der Waals surface area (Å²) >= 11 is 7.46. The monoisotopic (exact) mass is 348 g/mol. The molecule has 2 N–H and O–H groups in total. The molecule has 2 aromatic carbocycles. The number of hydrogen-bond acceptors (Lipinski definition) is 3. The fourth-order valence-electron chi connectivity index (χ4n) is 1.92. The molecule has 0 radical (unpaired) electrons. The summed E-state index contributed by atoms with van der Waals surface area (Å²) in [6, 6.07) is 12.8. The summed E-state index contributed by atoms with van der Waals surface area (Å²) in [6.07, 6.45) is 0. The number of amides is 2. The molecule has 120 valence electrons. The third kappa shape index (κ3) is 5.30. The van der Waals surface area contributed by atoms with Crippen molar-refractivity contribution in [2.45, 2.75) is 18.7 Å². The fraction of sp³-hybridized carbons (Fsp3) is 0.176. The molecule has 0 spiro atoms. The highest BCUT2D eigenvalue weighted by atomic mass is 35.5. The number of hydrogen-bond donors (Lipinski definition) is 2. The van der Waals surface area contributed by atoms with E-state index >= 15 is 0 Å². The molecule has 0 heterocycles. The molecule has 23 heavy (non-hydrogen) atoms. The lowest BCUT2D eigenvalue weighted by molar-refractivity contribution is -0.114. The maximum absolute atomic E-state index is 12.0. The van der Waals surface area contributed by atoms with Gasteiger partial charge in [-0.2, -0.15) is 0 Å². The third-order valence-corrected chi connectivity index (χ3v) is 4.51. The smallest absolute Gasteiger partial charge is 0.234 e. The van der Waals surface area contributed by atoms with Crippen molar-refractivity contribution in [3.05, 3.63) is 53.1 Å². The second-order valence-corrected chi connectivity index (χ2v) is 6.41. The predicted molar refractivity (Wildman–Crippen MR) is 96.3 cm³/mol. The molecule has 0 aliphatic heterocycles. The van der Waals surface area contributed by atoms with Crippen molar-refractivity contribution >= 4 is 46.6 Å². The van der Waals surface area contributed by atoms with Gasteiger partial charge in [0.15, 0.2) is 0 Å². The first kappa shape index (κ1) is 17.4. The molecule has 0 saturated carbocycles. The van der Waals surface area contributed by atoms with Gasteiger partial charge in [-0.25, -0.2) is 0 Å². The summed E-state index contributed by atoms with van der Waals surface area (Å²) in [7, 11) is 0. The Labute approximate surface area is 144 Å². The fourth-order valence-corrected chi connectivity index (χ4v) is 2.79. The molecule has 4 nitrogen and oxygen atoms in total. The van der Waals surface area contributed by atoms with Gasteiger partial charge in [0.05, 0.1) is 5.75 Å². The summed E-state index contributed by atoms with van der Waals surface area (Å²) < 4.78 is 0. The van der Waals surface area contributed by atoms with Crippen LogP contribution in [0, 0.1) is 6.92 Å². The van der Waals surface area contributed by atoms with Crippen molar-refractivity contribution in [1.29, 1.82) is 0 Å². The minimum atomic E-state index is -0.110. The topological polar surface area (TPSA) is 58.2 Å². The molecule has 2 amide bonds. The molecule has 0 aromatic heterocycles.